The zero-order chi connectivity index (χ0) is 10.3. The van der Waals surface area contributed by atoms with Crippen molar-refractivity contribution in [2.24, 2.45) is 0 Å². The molecule has 0 N–H and O–H groups in total. The summed E-state index contributed by atoms with van der Waals surface area (Å²) in [7, 11) is 0. The van der Waals surface area contributed by atoms with Gasteiger partial charge in [-0.3, -0.25) is 0 Å². The summed E-state index contributed by atoms with van der Waals surface area (Å²) >= 11 is 0. The Hall–Kier alpha value is -0.480. The molecule has 0 bridgehead atoms. The molecule has 0 aromatic carbocycles. The summed E-state index contributed by atoms with van der Waals surface area (Å²) in [6.07, 6.45) is 13.7. The number of terminal acetylenes is 1. The van der Waals surface area contributed by atoms with Gasteiger partial charge in [-0.2, -0.15) is 0 Å². The number of rotatable bonds is 5. The largest absolute Gasteiger partial charge is 0.314 e. The molecule has 1 fully saturated rings. The van der Waals surface area contributed by atoms with Gasteiger partial charge in [0.25, 0.3) is 0 Å². The van der Waals surface area contributed by atoms with Gasteiger partial charge in [0.15, 0.2) is 0 Å². The normalized spacial score (nSPS) is 20.3. The van der Waals surface area contributed by atoms with E-state index in [2.05, 4.69) is 12.8 Å². The number of hydrogen-bond donors (Lipinski definition) is 0. The molecular formula is C13H24N+. The van der Waals surface area contributed by atoms with E-state index in [0.29, 0.717) is 0 Å². The molecule has 1 saturated heterocycles. The van der Waals surface area contributed by atoms with E-state index in [1.807, 2.05) is 0 Å². The van der Waals surface area contributed by atoms with E-state index >= 15 is 0 Å². The SMILES string of the molecule is C#CC[N+]1(CCCCC)CCCCC1. The average Bonchev–Trinajstić information content (AvgIpc) is 2.20. The molecule has 1 rings (SSSR count). The Morgan fingerprint density at radius 2 is 1.86 bits per heavy atom. The van der Waals surface area contributed by atoms with Gasteiger partial charge in [-0.25, -0.2) is 0 Å². The number of hydrogen-bond acceptors (Lipinski definition) is 0. The first-order valence-corrected chi connectivity index (χ1v) is 6.11. The van der Waals surface area contributed by atoms with Crippen molar-refractivity contribution in [3.05, 3.63) is 0 Å². The minimum absolute atomic E-state index is 0.962. The summed E-state index contributed by atoms with van der Waals surface area (Å²) in [5, 5.41) is 0. The van der Waals surface area contributed by atoms with Crippen molar-refractivity contribution in [3.8, 4) is 12.3 Å². The van der Waals surface area contributed by atoms with Crippen LogP contribution in [0.2, 0.25) is 0 Å². The number of nitrogens with zero attached hydrogens (tertiary/aromatic N) is 1. The van der Waals surface area contributed by atoms with Gasteiger partial charge in [-0.15, -0.1) is 6.42 Å². The Morgan fingerprint density at radius 1 is 1.14 bits per heavy atom. The highest BCUT2D eigenvalue weighted by atomic mass is 15.3. The Labute approximate surface area is 89.1 Å². The molecule has 0 aliphatic carbocycles. The molecule has 1 nitrogen and oxygen atoms in total. The quantitative estimate of drug-likeness (QED) is 0.359. The zero-order valence-corrected chi connectivity index (χ0v) is 9.60. The zero-order valence-electron chi connectivity index (χ0n) is 9.60. The van der Waals surface area contributed by atoms with Gasteiger partial charge < -0.3 is 4.48 Å². The fourth-order valence-corrected chi connectivity index (χ4v) is 2.53. The van der Waals surface area contributed by atoms with Crippen molar-refractivity contribution in [1.82, 2.24) is 0 Å². The van der Waals surface area contributed by atoms with Crippen molar-refractivity contribution in [1.29, 1.82) is 0 Å². The summed E-state index contributed by atoms with van der Waals surface area (Å²) in [5.74, 6) is 2.88. The van der Waals surface area contributed by atoms with Gasteiger partial charge in [0.1, 0.15) is 6.54 Å². The second kappa shape index (κ2) is 6.09. The monoisotopic (exact) mass is 194 g/mol. The third kappa shape index (κ3) is 3.35. The molecule has 80 valence electrons. The van der Waals surface area contributed by atoms with Gasteiger partial charge in [0, 0.05) is 0 Å². The maximum absolute atomic E-state index is 5.48. The molecule has 0 aromatic heterocycles. The lowest BCUT2D eigenvalue weighted by atomic mass is 10.1. The van der Waals surface area contributed by atoms with E-state index in [1.165, 1.54) is 62.6 Å². The highest BCUT2D eigenvalue weighted by Crippen LogP contribution is 2.19. The second-order valence-electron chi connectivity index (χ2n) is 4.64. The van der Waals surface area contributed by atoms with E-state index in [0.717, 1.165) is 6.54 Å². The summed E-state index contributed by atoms with van der Waals surface area (Å²) in [4.78, 5) is 0. The Bertz CT molecular complexity index is 184. The van der Waals surface area contributed by atoms with Crippen molar-refractivity contribution >= 4 is 0 Å². The van der Waals surface area contributed by atoms with Crippen LogP contribution in [0.5, 0.6) is 0 Å². The maximum atomic E-state index is 5.48. The molecule has 0 amide bonds. The van der Waals surface area contributed by atoms with E-state index in [4.69, 9.17) is 6.42 Å². The predicted molar refractivity (Wildman–Crippen MR) is 61.9 cm³/mol. The van der Waals surface area contributed by atoms with Crippen LogP contribution in [-0.2, 0) is 0 Å². The smallest absolute Gasteiger partial charge is 0.140 e. The molecule has 0 unspecified atom stereocenters. The summed E-state index contributed by atoms with van der Waals surface area (Å²) in [5.41, 5.74) is 0. The predicted octanol–water partition coefficient (Wildman–Crippen LogP) is 2.81. The molecule has 1 heterocycles. The van der Waals surface area contributed by atoms with E-state index in [1.54, 1.807) is 0 Å². The fraction of sp³-hybridized carbons (Fsp3) is 0.846. The number of quaternary nitrogens is 1. The fourth-order valence-electron chi connectivity index (χ4n) is 2.53. The highest BCUT2D eigenvalue weighted by Gasteiger charge is 2.27. The first-order valence-electron chi connectivity index (χ1n) is 6.11. The molecule has 0 saturated carbocycles. The van der Waals surface area contributed by atoms with Crippen LogP contribution in [0.4, 0.5) is 0 Å². The lowest BCUT2D eigenvalue weighted by Gasteiger charge is -2.40. The first kappa shape index (κ1) is 11.6. The minimum Gasteiger partial charge on any atom is -0.314 e. The number of likely N-dealkylation sites (tertiary alicyclic amines) is 1. The van der Waals surface area contributed by atoms with E-state index < -0.39 is 0 Å². The van der Waals surface area contributed by atoms with Gasteiger partial charge in [0.05, 0.1) is 19.6 Å². The third-order valence-corrected chi connectivity index (χ3v) is 3.43. The van der Waals surface area contributed by atoms with Gasteiger partial charge >= 0.3 is 0 Å². The lowest BCUT2D eigenvalue weighted by Crippen LogP contribution is -2.52. The Balaban J connectivity index is 2.39. The lowest BCUT2D eigenvalue weighted by molar-refractivity contribution is -0.926. The van der Waals surface area contributed by atoms with Gasteiger partial charge in [0.2, 0.25) is 0 Å². The first-order chi connectivity index (χ1) is 6.83. The van der Waals surface area contributed by atoms with Crippen LogP contribution in [-0.4, -0.2) is 30.7 Å². The van der Waals surface area contributed by atoms with E-state index in [9.17, 15) is 0 Å². The minimum atomic E-state index is 0.962. The van der Waals surface area contributed by atoms with Crippen molar-refractivity contribution < 1.29 is 4.48 Å². The van der Waals surface area contributed by atoms with Crippen molar-refractivity contribution in [3.63, 3.8) is 0 Å². The van der Waals surface area contributed by atoms with E-state index in [-0.39, 0.29) is 0 Å². The summed E-state index contributed by atoms with van der Waals surface area (Å²) in [6.45, 7) is 7.20. The van der Waals surface area contributed by atoms with Crippen LogP contribution in [0.15, 0.2) is 0 Å². The van der Waals surface area contributed by atoms with Gasteiger partial charge in [-0.05, 0) is 38.0 Å². The number of unbranched alkanes of at least 4 members (excludes halogenated alkanes) is 2. The van der Waals surface area contributed by atoms with Crippen LogP contribution in [0.3, 0.4) is 0 Å². The van der Waals surface area contributed by atoms with Crippen molar-refractivity contribution in [2.45, 2.75) is 45.4 Å². The Kier molecular flexibility index (Phi) is 5.04. The van der Waals surface area contributed by atoms with Crippen molar-refractivity contribution in [2.75, 3.05) is 26.2 Å². The van der Waals surface area contributed by atoms with Crippen LogP contribution in [0.25, 0.3) is 0 Å². The molecule has 0 atom stereocenters. The molecule has 0 radical (unpaired) electrons. The maximum Gasteiger partial charge on any atom is 0.140 e. The van der Waals surface area contributed by atoms with Gasteiger partial charge in [-0.1, -0.05) is 13.3 Å². The standard InChI is InChI=1S/C13H24N/c1-3-5-7-11-14(10-4-2)12-8-6-9-13-14/h2H,3,5-13H2,1H3/q+1. The summed E-state index contributed by atoms with van der Waals surface area (Å²) < 4.78 is 1.22. The second-order valence-corrected chi connectivity index (χ2v) is 4.64. The summed E-state index contributed by atoms with van der Waals surface area (Å²) in [6, 6.07) is 0. The number of piperidine rings is 1. The molecule has 1 aliphatic rings. The average molecular weight is 194 g/mol. The van der Waals surface area contributed by atoms with Crippen LogP contribution in [0, 0.1) is 12.3 Å². The van der Waals surface area contributed by atoms with Crippen LogP contribution in [0.1, 0.15) is 45.4 Å². The molecule has 0 spiro atoms. The highest BCUT2D eigenvalue weighted by molar-refractivity contribution is 4.84. The molecule has 1 aliphatic heterocycles. The van der Waals surface area contributed by atoms with Crippen LogP contribution < -0.4 is 0 Å². The molecular weight excluding hydrogens is 170 g/mol. The molecule has 0 aromatic rings. The van der Waals surface area contributed by atoms with Crippen LogP contribution >= 0.6 is 0 Å². The molecule has 1 heteroatoms. The third-order valence-electron chi connectivity index (χ3n) is 3.43. The Morgan fingerprint density at radius 3 is 2.43 bits per heavy atom. The topological polar surface area (TPSA) is 0 Å². The molecule has 14 heavy (non-hydrogen) atoms.